The number of likely N-dealkylation sites (tertiary alicyclic amines) is 1. The molecule has 2 amide bonds. The Kier molecular flexibility index (Phi) is 8.19. The van der Waals surface area contributed by atoms with Gasteiger partial charge in [0.15, 0.2) is 0 Å². The summed E-state index contributed by atoms with van der Waals surface area (Å²) in [7, 11) is 1.58. The van der Waals surface area contributed by atoms with Crippen molar-refractivity contribution >= 4 is 12.0 Å². The second-order valence-electron chi connectivity index (χ2n) is 8.67. The van der Waals surface area contributed by atoms with Crippen molar-refractivity contribution in [3.63, 3.8) is 0 Å². The zero-order valence-electron chi connectivity index (χ0n) is 17.1. The van der Waals surface area contributed by atoms with E-state index in [-0.39, 0.29) is 12.5 Å². The highest BCUT2D eigenvalue weighted by atomic mass is 16.6. The summed E-state index contributed by atoms with van der Waals surface area (Å²) in [6.45, 7) is 14.9. The smallest absolute Gasteiger partial charge is 0.410 e. The molecule has 25 heavy (non-hydrogen) atoms. The molecule has 6 nitrogen and oxygen atoms in total. The first-order valence-corrected chi connectivity index (χ1v) is 9.44. The second-order valence-corrected chi connectivity index (χ2v) is 8.67. The molecule has 0 aliphatic carbocycles. The van der Waals surface area contributed by atoms with Crippen LogP contribution in [0.4, 0.5) is 4.79 Å². The predicted molar refractivity (Wildman–Crippen MR) is 100 cm³/mol. The summed E-state index contributed by atoms with van der Waals surface area (Å²) in [6, 6.07) is 0.336. The Morgan fingerprint density at radius 2 is 1.80 bits per heavy atom. The van der Waals surface area contributed by atoms with E-state index in [9.17, 15) is 9.59 Å². The predicted octanol–water partition coefficient (Wildman–Crippen LogP) is 2.73. The molecule has 146 valence electrons. The maximum atomic E-state index is 12.2. The minimum absolute atomic E-state index is 0.0107. The highest BCUT2D eigenvalue weighted by molar-refractivity contribution is 5.82. The molecule has 1 aliphatic rings. The molecule has 1 rings (SSSR count). The minimum atomic E-state index is -0.560. The van der Waals surface area contributed by atoms with Gasteiger partial charge in [0, 0.05) is 19.6 Å². The molecule has 0 spiro atoms. The van der Waals surface area contributed by atoms with Crippen LogP contribution in [0.15, 0.2) is 0 Å². The van der Waals surface area contributed by atoms with Gasteiger partial charge in [0.25, 0.3) is 0 Å². The van der Waals surface area contributed by atoms with Crippen LogP contribution in [-0.2, 0) is 9.53 Å². The van der Waals surface area contributed by atoms with Gasteiger partial charge in [-0.3, -0.25) is 9.69 Å². The normalized spacial score (nSPS) is 18.1. The van der Waals surface area contributed by atoms with Gasteiger partial charge in [-0.2, -0.15) is 0 Å². The molecule has 0 bridgehead atoms. The zero-order valence-corrected chi connectivity index (χ0v) is 17.1. The quantitative estimate of drug-likeness (QED) is 0.796. The van der Waals surface area contributed by atoms with Crippen LogP contribution >= 0.6 is 0 Å². The first-order valence-electron chi connectivity index (χ1n) is 9.44. The number of carbonyl (C=O) groups is 2. The lowest BCUT2D eigenvalue weighted by molar-refractivity contribution is -0.122. The topological polar surface area (TPSA) is 61.9 Å². The maximum absolute atomic E-state index is 12.2. The van der Waals surface area contributed by atoms with Crippen LogP contribution in [0.25, 0.3) is 0 Å². The van der Waals surface area contributed by atoms with Crippen molar-refractivity contribution in [2.45, 2.75) is 66.0 Å². The van der Waals surface area contributed by atoms with Gasteiger partial charge < -0.3 is 15.0 Å². The van der Waals surface area contributed by atoms with Crippen LogP contribution in [0.3, 0.4) is 0 Å². The van der Waals surface area contributed by atoms with Gasteiger partial charge in [-0.15, -0.1) is 0 Å². The van der Waals surface area contributed by atoms with Gasteiger partial charge in [0.2, 0.25) is 5.91 Å². The third-order valence-electron chi connectivity index (χ3n) is 4.65. The van der Waals surface area contributed by atoms with E-state index in [2.05, 4.69) is 31.0 Å². The maximum Gasteiger partial charge on any atom is 0.410 e. The van der Waals surface area contributed by atoms with Crippen LogP contribution in [0.5, 0.6) is 0 Å². The highest BCUT2D eigenvalue weighted by Crippen LogP contribution is 2.21. The second kappa shape index (κ2) is 9.41. The Labute approximate surface area is 153 Å². The summed E-state index contributed by atoms with van der Waals surface area (Å²) in [6.07, 6.45) is 1.96. The number of hydrogen-bond donors (Lipinski definition) is 1. The highest BCUT2D eigenvalue weighted by Gasteiger charge is 2.26. The first kappa shape index (κ1) is 21.7. The Hall–Kier alpha value is -1.30. The Morgan fingerprint density at radius 1 is 1.24 bits per heavy atom. The summed E-state index contributed by atoms with van der Waals surface area (Å²) in [5, 5.41) is 2.99. The van der Waals surface area contributed by atoms with Gasteiger partial charge >= 0.3 is 6.09 Å². The fourth-order valence-electron chi connectivity index (χ4n) is 3.04. The number of rotatable bonds is 6. The van der Waals surface area contributed by atoms with Crippen LogP contribution in [0, 0.1) is 11.8 Å². The monoisotopic (exact) mass is 355 g/mol. The lowest BCUT2D eigenvalue weighted by atomic mass is 9.94. The van der Waals surface area contributed by atoms with E-state index in [0.29, 0.717) is 18.5 Å². The standard InChI is InChI=1S/C19H37N3O3/c1-14(2)16(22-10-8-15(3)9-11-22)12-20-17(23)13-21(7)18(24)25-19(4,5)6/h14-16H,8-13H2,1-7H3,(H,20,23). The van der Waals surface area contributed by atoms with E-state index in [4.69, 9.17) is 4.74 Å². The molecule has 0 saturated carbocycles. The third-order valence-corrected chi connectivity index (χ3v) is 4.65. The lowest BCUT2D eigenvalue weighted by Crippen LogP contribution is -2.51. The summed E-state index contributed by atoms with van der Waals surface area (Å²) < 4.78 is 5.27. The molecule has 1 atom stereocenters. The molecule has 0 aromatic carbocycles. The molecule has 1 aliphatic heterocycles. The molecule has 0 aromatic heterocycles. The number of hydrogen-bond acceptors (Lipinski definition) is 4. The molecule has 6 heteroatoms. The van der Waals surface area contributed by atoms with Crippen LogP contribution in [0.2, 0.25) is 0 Å². The number of piperidine rings is 1. The van der Waals surface area contributed by atoms with E-state index in [1.165, 1.54) is 17.7 Å². The lowest BCUT2D eigenvalue weighted by Gasteiger charge is -2.39. The van der Waals surface area contributed by atoms with Crippen molar-refractivity contribution < 1.29 is 14.3 Å². The van der Waals surface area contributed by atoms with Gasteiger partial charge in [-0.25, -0.2) is 4.79 Å². The molecule has 1 heterocycles. The van der Waals surface area contributed by atoms with Crippen molar-refractivity contribution in [2.75, 3.05) is 33.2 Å². The van der Waals surface area contributed by atoms with Gasteiger partial charge in [-0.05, 0) is 58.5 Å². The van der Waals surface area contributed by atoms with E-state index < -0.39 is 11.7 Å². The number of nitrogens with zero attached hydrogens (tertiary/aromatic N) is 2. The molecular formula is C19H37N3O3. The van der Waals surface area contributed by atoms with Gasteiger partial charge in [-0.1, -0.05) is 20.8 Å². The van der Waals surface area contributed by atoms with E-state index in [1.807, 2.05) is 20.8 Å². The van der Waals surface area contributed by atoms with E-state index in [0.717, 1.165) is 19.0 Å². The molecule has 1 fully saturated rings. The molecule has 1 saturated heterocycles. The molecule has 1 N–H and O–H groups in total. The van der Waals surface area contributed by atoms with Crippen molar-refractivity contribution in [3.8, 4) is 0 Å². The number of carbonyl (C=O) groups excluding carboxylic acids is 2. The zero-order chi connectivity index (χ0) is 19.2. The number of nitrogens with one attached hydrogen (secondary N) is 1. The van der Waals surface area contributed by atoms with Crippen molar-refractivity contribution in [1.29, 1.82) is 0 Å². The van der Waals surface area contributed by atoms with Gasteiger partial charge in [0.05, 0.1) is 0 Å². The van der Waals surface area contributed by atoms with Gasteiger partial charge in [0.1, 0.15) is 12.1 Å². The molecular weight excluding hydrogens is 318 g/mol. The summed E-state index contributed by atoms with van der Waals surface area (Å²) in [5.74, 6) is 1.11. The average molecular weight is 356 g/mol. The summed E-state index contributed by atoms with van der Waals surface area (Å²) in [4.78, 5) is 27.9. The third kappa shape index (κ3) is 8.08. The minimum Gasteiger partial charge on any atom is -0.444 e. The molecule has 0 radical (unpaired) electrons. The van der Waals surface area contributed by atoms with Crippen molar-refractivity contribution in [3.05, 3.63) is 0 Å². The number of amides is 2. The Bertz CT molecular complexity index is 438. The van der Waals surface area contributed by atoms with Crippen molar-refractivity contribution in [2.24, 2.45) is 11.8 Å². The Balaban J connectivity index is 2.45. The largest absolute Gasteiger partial charge is 0.444 e. The summed E-state index contributed by atoms with van der Waals surface area (Å²) >= 11 is 0. The number of likely N-dealkylation sites (N-methyl/N-ethyl adjacent to an activating group) is 1. The van der Waals surface area contributed by atoms with E-state index >= 15 is 0 Å². The fraction of sp³-hybridized carbons (Fsp3) is 0.895. The SMILES string of the molecule is CC1CCN(C(CNC(=O)CN(C)C(=O)OC(C)(C)C)C(C)C)CC1. The van der Waals surface area contributed by atoms with Crippen LogP contribution < -0.4 is 5.32 Å². The van der Waals surface area contributed by atoms with E-state index in [1.54, 1.807) is 7.05 Å². The molecule has 0 aromatic rings. The summed E-state index contributed by atoms with van der Waals surface area (Å²) in [5.41, 5.74) is -0.560. The molecule has 1 unspecified atom stereocenters. The fourth-order valence-corrected chi connectivity index (χ4v) is 3.04. The number of ether oxygens (including phenoxy) is 1. The Morgan fingerprint density at radius 3 is 2.28 bits per heavy atom. The van der Waals surface area contributed by atoms with Crippen LogP contribution in [-0.4, -0.2) is 66.7 Å². The van der Waals surface area contributed by atoms with Crippen molar-refractivity contribution in [1.82, 2.24) is 15.1 Å². The first-order chi connectivity index (χ1) is 11.5. The average Bonchev–Trinajstić information content (AvgIpc) is 2.47. The van der Waals surface area contributed by atoms with Crippen LogP contribution in [0.1, 0.15) is 54.4 Å².